The van der Waals surface area contributed by atoms with E-state index < -0.39 is 5.97 Å². The fourth-order valence-electron chi connectivity index (χ4n) is 3.32. The molecule has 126 valence electrons. The molecule has 2 aromatic rings. The lowest BCUT2D eigenvalue weighted by Gasteiger charge is -2.36. The molecule has 0 saturated carbocycles. The summed E-state index contributed by atoms with van der Waals surface area (Å²) in [4.78, 5) is 18.1. The number of nitrogens with zero attached hydrogens (tertiary/aromatic N) is 2. The molecule has 0 aliphatic carbocycles. The topological polar surface area (TPSA) is 62.7 Å². The van der Waals surface area contributed by atoms with E-state index in [9.17, 15) is 9.90 Å². The number of hydrogen-bond donors (Lipinski definition) is 1. The number of ether oxygens (including phenoxy) is 1. The first kappa shape index (κ1) is 16.5. The lowest BCUT2D eigenvalue weighted by atomic mass is 9.93. The molecule has 5 nitrogen and oxygen atoms in total. The summed E-state index contributed by atoms with van der Waals surface area (Å²) < 4.78 is 5.36. The van der Waals surface area contributed by atoms with Gasteiger partial charge in [-0.1, -0.05) is 18.2 Å². The van der Waals surface area contributed by atoms with Crippen LogP contribution >= 0.6 is 0 Å². The minimum atomic E-state index is -0.689. The van der Waals surface area contributed by atoms with Crippen LogP contribution in [0, 0.1) is 5.92 Å². The number of aromatic nitrogens is 1. The molecule has 1 fully saturated rings. The Labute approximate surface area is 141 Å². The zero-order valence-electron chi connectivity index (χ0n) is 13.8. The molecule has 24 heavy (non-hydrogen) atoms. The average molecular weight is 326 g/mol. The zero-order valence-corrected chi connectivity index (χ0v) is 13.8. The van der Waals surface area contributed by atoms with E-state index in [0.717, 1.165) is 30.1 Å². The highest BCUT2D eigenvalue weighted by molar-refractivity contribution is 5.70. The Morgan fingerprint density at radius 2 is 2.04 bits per heavy atom. The molecule has 0 radical (unpaired) electrons. The Hall–Kier alpha value is -2.40. The summed E-state index contributed by atoms with van der Waals surface area (Å²) in [5.41, 5.74) is 2.08. The molecule has 0 amide bonds. The second-order valence-corrected chi connectivity index (χ2v) is 6.08. The molecule has 2 heterocycles. The third-order valence-electron chi connectivity index (χ3n) is 4.62. The smallest absolute Gasteiger partial charge is 0.306 e. The van der Waals surface area contributed by atoms with Crippen LogP contribution in [0.1, 0.15) is 30.1 Å². The van der Waals surface area contributed by atoms with Crippen LogP contribution in [-0.4, -0.2) is 41.2 Å². The minimum absolute atomic E-state index is 0.0102. The van der Waals surface area contributed by atoms with Crippen molar-refractivity contribution in [3.05, 3.63) is 59.9 Å². The SMILES string of the molecule is COc1cccc(C(c2ccccn2)N2CCC(C(=O)O)CC2)c1. The normalized spacial score (nSPS) is 17.4. The number of methoxy groups -OCH3 is 1. The summed E-state index contributed by atoms with van der Waals surface area (Å²) in [5, 5.41) is 9.22. The Kier molecular flexibility index (Phi) is 5.11. The molecular formula is C19H22N2O3. The third-order valence-corrected chi connectivity index (χ3v) is 4.62. The number of benzene rings is 1. The molecule has 1 atom stereocenters. The van der Waals surface area contributed by atoms with Crippen molar-refractivity contribution in [1.29, 1.82) is 0 Å². The van der Waals surface area contributed by atoms with Crippen molar-refractivity contribution in [1.82, 2.24) is 9.88 Å². The molecule has 1 aromatic heterocycles. The van der Waals surface area contributed by atoms with Crippen molar-refractivity contribution >= 4 is 5.97 Å². The van der Waals surface area contributed by atoms with Crippen LogP contribution < -0.4 is 4.74 Å². The van der Waals surface area contributed by atoms with Crippen molar-refractivity contribution in [2.75, 3.05) is 20.2 Å². The summed E-state index contributed by atoms with van der Waals surface area (Å²) in [7, 11) is 1.66. The van der Waals surface area contributed by atoms with E-state index >= 15 is 0 Å². The van der Waals surface area contributed by atoms with Crippen molar-refractivity contribution in [2.24, 2.45) is 5.92 Å². The van der Waals surface area contributed by atoms with E-state index in [-0.39, 0.29) is 12.0 Å². The monoisotopic (exact) mass is 326 g/mol. The van der Waals surface area contributed by atoms with Crippen LogP contribution in [0.3, 0.4) is 0 Å². The number of carbonyl (C=O) groups is 1. The molecule has 1 N–H and O–H groups in total. The van der Waals surface area contributed by atoms with Crippen LogP contribution in [0.4, 0.5) is 0 Å². The molecule has 0 spiro atoms. The lowest BCUT2D eigenvalue weighted by Crippen LogP contribution is -2.39. The van der Waals surface area contributed by atoms with Gasteiger partial charge in [0.05, 0.1) is 24.8 Å². The highest BCUT2D eigenvalue weighted by Crippen LogP contribution is 2.32. The zero-order chi connectivity index (χ0) is 16.9. The number of piperidine rings is 1. The van der Waals surface area contributed by atoms with Gasteiger partial charge in [-0.25, -0.2) is 0 Å². The molecule has 1 unspecified atom stereocenters. The molecule has 1 aliphatic rings. The molecule has 1 aromatic carbocycles. The minimum Gasteiger partial charge on any atom is -0.497 e. The fraction of sp³-hybridized carbons (Fsp3) is 0.368. The van der Waals surface area contributed by atoms with Gasteiger partial charge in [-0.05, 0) is 55.8 Å². The van der Waals surface area contributed by atoms with Gasteiger partial charge < -0.3 is 9.84 Å². The maximum atomic E-state index is 11.2. The summed E-state index contributed by atoms with van der Waals surface area (Å²) in [6.07, 6.45) is 3.14. The molecule has 5 heteroatoms. The van der Waals surface area contributed by atoms with Gasteiger partial charge in [0.2, 0.25) is 0 Å². The highest BCUT2D eigenvalue weighted by Gasteiger charge is 2.30. The van der Waals surface area contributed by atoms with Crippen molar-refractivity contribution in [3.63, 3.8) is 0 Å². The summed E-state index contributed by atoms with van der Waals surface area (Å²) in [6.45, 7) is 1.49. The second kappa shape index (κ2) is 7.45. The molecular weight excluding hydrogens is 304 g/mol. The Morgan fingerprint density at radius 1 is 1.25 bits per heavy atom. The predicted molar refractivity (Wildman–Crippen MR) is 91.0 cm³/mol. The highest BCUT2D eigenvalue weighted by atomic mass is 16.5. The van der Waals surface area contributed by atoms with E-state index in [1.54, 1.807) is 13.3 Å². The van der Waals surface area contributed by atoms with E-state index in [2.05, 4.69) is 16.0 Å². The van der Waals surface area contributed by atoms with Crippen LogP contribution in [-0.2, 0) is 4.79 Å². The average Bonchev–Trinajstić information content (AvgIpc) is 2.63. The first-order chi connectivity index (χ1) is 11.7. The predicted octanol–water partition coefficient (Wildman–Crippen LogP) is 2.98. The number of carboxylic acids is 1. The van der Waals surface area contributed by atoms with Crippen molar-refractivity contribution < 1.29 is 14.6 Å². The quantitative estimate of drug-likeness (QED) is 0.915. The van der Waals surface area contributed by atoms with Crippen LogP contribution in [0.25, 0.3) is 0 Å². The van der Waals surface area contributed by atoms with E-state index in [1.807, 2.05) is 36.4 Å². The summed E-state index contributed by atoms with van der Waals surface area (Å²) in [6, 6.07) is 13.9. The number of pyridine rings is 1. The maximum Gasteiger partial charge on any atom is 0.306 e. The first-order valence-electron chi connectivity index (χ1n) is 8.21. The van der Waals surface area contributed by atoms with Gasteiger partial charge in [-0.15, -0.1) is 0 Å². The Bertz CT molecular complexity index is 682. The van der Waals surface area contributed by atoms with Gasteiger partial charge in [0, 0.05) is 6.20 Å². The molecule has 3 rings (SSSR count). The van der Waals surface area contributed by atoms with Gasteiger partial charge in [-0.3, -0.25) is 14.7 Å². The van der Waals surface area contributed by atoms with Crippen LogP contribution in [0.5, 0.6) is 5.75 Å². The number of rotatable bonds is 5. The molecule has 1 saturated heterocycles. The fourth-order valence-corrected chi connectivity index (χ4v) is 3.32. The molecule has 0 bridgehead atoms. The van der Waals surface area contributed by atoms with Crippen molar-refractivity contribution in [2.45, 2.75) is 18.9 Å². The number of hydrogen-bond acceptors (Lipinski definition) is 4. The van der Waals surface area contributed by atoms with E-state index in [1.165, 1.54) is 0 Å². The standard InChI is InChI=1S/C19H22N2O3/c1-24-16-6-4-5-15(13-16)18(17-7-2-3-10-20-17)21-11-8-14(9-12-21)19(22)23/h2-7,10,13-14,18H,8-9,11-12H2,1H3,(H,22,23). The van der Waals surface area contributed by atoms with Gasteiger partial charge >= 0.3 is 5.97 Å². The maximum absolute atomic E-state index is 11.2. The summed E-state index contributed by atoms with van der Waals surface area (Å²) in [5.74, 6) is -0.116. The van der Waals surface area contributed by atoms with Crippen LogP contribution in [0.2, 0.25) is 0 Å². The van der Waals surface area contributed by atoms with Crippen LogP contribution in [0.15, 0.2) is 48.7 Å². The molecule has 1 aliphatic heterocycles. The third kappa shape index (κ3) is 3.57. The Balaban J connectivity index is 1.90. The van der Waals surface area contributed by atoms with Gasteiger partial charge in [0.25, 0.3) is 0 Å². The van der Waals surface area contributed by atoms with E-state index in [0.29, 0.717) is 12.8 Å². The number of aliphatic carboxylic acids is 1. The largest absolute Gasteiger partial charge is 0.497 e. The first-order valence-corrected chi connectivity index (χ1v) is 8.21. The van der Waals surface area contributed by atoms with Gasteiger partial charge in [-0.2, -0.15) is 0 Å². The Morgan fingerprint density at radius 3 is 2.67 bits per heavy atom. The number of likely N-dealkylation sites (tertiary alicyclic amines) is 1. The lowest BCUT2D eigenvalue weighted by molar-refractivity contribution is -0.143. The summed E-state index contributed by atoms with van der Waals surface area (Å²) >= 11 is 0. The second-order valence-electron chi connectivity index (χ2n) is 6.08. The van der Waals surface area contributed by atoms with E-state index in [4.69, 9.17) is 4.74 Å². The van der Waals surface area contributed by atoms with Gasteiger partial charge in [0.1, 0.15) is 5.75 Å². The number of carboxylic acid groups (broad SMARTS) is 1. The van der Waals surface area contributed by atoms with Crippen molar-refractivity contribution in [3.8, 4) is 5.75 Å². The van der Waals surface area contributed by atoms with Gasteiger partial charge in [0.15, 0.2) is 0 Å².